The lowest BCUT2D eigenvalue weighted by atomic mass is 10.1. The molecule has 1 N–H and O–H groups in total. The molecule has 5 nitrogen and oxygen atoms in total. The zero-order valence-corrected chi connectivity index (χ0v) is 12.2. The van der Waals surface area contributed by atoms with Crippen molar-refractivity contribution in [2.24, 2.45) is 0 Å². The van der Waals surface area contributed by atoms with Crippen LogP contribution in [0.1, 0.15) is 18.5 Å². The summed E-state index contributed by atoms with van der Waals surface area (Å²) in [5.41, 5.74) is 1.89. The number of hydrogen-bond acceptors (Lipinski definition) is 5. The van der Waals surface area contributed by atoms with Crippen LogP contribution in [0.25, 0.3) is 11.3 Å². The molecule has 1 aromatic carbocycles. The Morgan fingerprint density at radius 3 is 2.90 bits per heavy atom. The first-order valence-corrected chi connectivity index (χ1v) is 7.30. The Labute approximate surface area is 124 Å². The summed E-state index contributed by atoms with van der Waals surface area (Å²) >= 11 is 0. The summed E-state index contributed by atoms with van der Waals surface area (Å²) in [6.07, 6.45) is 2.46. The van der Waals surface area contributed by atoms with Gasteiger partial charge in [-0.3, -0.25) is 0 Å². The van der Waals surface area contributed by atoms with E-state index in [0.29, 0.717) is 13.2 Å². The molecular formula is C16H20N2O3. The van der Waals surface area contributed by atoms with Crippen molar-refractivity contribution in [1.29, 1.82) is 0 Å². The predicted octanol–water partition coefficient (Wildman–Crippen LogP) is 2.62. The second-order valence-electron chi connectivity index (χ2n) is 5.18. The lowest BCUT2D eigenvalue weighted by Crippen LogP contribution is -2.16. The van der Waals surface area contributed by atoms with Crippen molar-refractivity contribution in [3.05, 3.63) is 36.0 Å². The highest BCUT2D eigenvalue weighted by Crippen LogP contribution is 2.23. The standard InChI is InChI=1S/C16H20N2O3/c1-17-10-13-9-16(21-18-13)12-4-6-14(7-5-12)20-11-15-3-2-8-19-15/h4-7,9,15,17H,2-3,8,10-11H2,1H3. The van der Waals surface area contributed by atoms with E-state index >= 15 is 0 Å². The first kappa shape index (κ1) is 14.1. The van der Waals surface area contributed by atoms with Crippen molar-refractivity contribution in [3.63, 3.8) is 0 Å². The average molecular weight is 288 g/mol. The van der Waals surface area contributed by atoms with Crippen LogP contribution in [0.3, 0.4) is 0 Å². The molecule has 0 saturated carbocycles. The molecule has 1 atom stereocenters. The maximum absolute atomic E-state index is 5.74. The first-order valence-electron chi connectivity index (χ1n) is 7.30. The van der Waals surface area contributed by atoms with Gasteiger partial charge in [0, 0.05) is 24.8 Å². The van der Waals surface area contributed by atoms with E-state index in [9.17, 15) is 0 Å². The monoisotopic (exact) mass is 288 g/mol. The number of benzene rings is 1. The minimum atomic E-state index is 0.239. The molecule has 1 aromatic heterocycles. The maximum atomic E-state index is 5.74. The third kappa shape index (κ3) is 3.62. The molecule has 3 rings (SSSR count). The summed E-state index contributed by atoms with van der Waals surface area (Å²) in [6, 6.07) is 9.80. The van der Waals surface area contributed by atoms with Crippen LogP contribution in [-0.4, -0.2) is 31.5 Å². The highest BCUT2D eigenvalue weighted by Gasteiger charge is 2.16. The van der Waals surface area contributed by atoms with Gasteiger partial charge in [-0.05, 0) is 44.2 Å². The van der Waals surface area contributed by atoms with Crippen LogP contribution in [0.5, 0.6) is 5.75 Å². The van der Waals surface area contributed by atoms with Gasteiger partial charge in [0.2, 0.25) is 0 Å². The van der Waals surface area contributed by atoms with Crippen LogP contribution in [0.4, 0.5) is 0 Å². The van der Waals surface area contributed by atoms with E-state index in [4.69, 9.17) is 14.0 Å². The van der Waals surface area contributed by atoms with Gasteiger partial charge in [0.25, 0.3) is 0 Å². The highest BCUT2D eigenvalue weighted by molar-refractivity contribution is 5.58. The van der Waals surface area contributed by atoms with E-state index in [2.05, 4.69) is 10.5 Å². The minimum Gasteiger partial charge on any atom is -0.491 e. The lowest BCUT2D eigenvalue weighted by Gasteiger charge is -2.11. The van der Waals surface area contributed by atoms with Crippen LogP contribution in [-0.2, 0) is 11.3 Å². The summed E-state index contributed by atoms with van der Waals surface area (Å²) in [7, 11) is 1.88. The van der Waals surface area contributed by atoms with Crippen molar-refractivity contribution in [2.45, 2.75) is 25.5 Å². The van der Waals surface area contributed by atoms with Gasteiger partial charge < -0.3 is 19.3 Å². The lowest BCUT2D eigenvalue weighted by molar-refractivity contribution is 0.0679. The molecule has 0 spiro atoms. The molecule has 5 heteroatoms. The summed E-state index contributed by atoms with van der Waals surface area (Å²) in [5, 5.41) is 7.06. The first-order chi connectivity index (χ1) is 10.3. The van der Waals surface area contributed by atoms with E-state index < -0.39 is 0 Å². The van der Waals surface area contributed by atoms with Crippen LogP contribution >= 0.6 is 0 Å². The fraction of sp³-hybridized carbons (Fsp3) is 0.438. The van der Waals surface area contributed by atoms with Gasteiger partial charge in [0.15, 0.2) is 5.76 Å². The SMILES string of the molecule is CNCc1cc(-c2ccc(OCC3CCCO3)cc2)on1. The highest BCUT2D eigenvalue weighted by atomic mass is 16.5. The zero-order valence-electron chi connectivity index (χ0n) is 12.2. The molecule has 1 unspecified atom stereocenters. The molecule has 0 radical (unpaired) electrons. The van der Waals surface area contributed by atoms with Crippen LogP contribution in [0, 0.1) is 0 Å². The Balaban J connectivity index is 1.59. The number of ether oxygens (including phenoxy) is 2. The Bertz CT molecular complexity index is 559. The second-order valence-corrected chi connectivity index (χ2v) is 5.18. The molecule has 0 aliphatic carbocycles. The quantitative estimate of drug-likeness (QED) is 0.885. The molecule has 0 amide bonds. The van der Waals surface area contributed by atoms with Gasteiger partial charge in [-0.25, -0.2) is 0 Å². The van der Waals surface area contributed by atoms with E-state index in [1.54, 1.807) is 0 Å². The fourth-order valence-electron chi connectivity index (χ4n) is 2.39. The number of nitrogens with one attached hydrogen (secondary N) is 1. The second kappa shape index (κ2) is 6.74. The van der Waals surface area contributed by atoms with E-state index in [1.807, 2.05) is 37.4 Å². The summed E-state index contributed by atoms with van der Waals surface area (Å²) in [5.74, 6) is 1.62. The molecule has 1 saturated heterocycles. The predicted molar refractivity (Wildman–Crippen MR) is 79.2 cm³/mol. The van der Waals surface area contributed by atoms with E-state index in [0.717, 1.165) is 42.2 Å². The molecular weight excluding hydrogens is 268 g/mol. The van der Waals surface area contributed by atoms with Crippen molar-refractivity contribution in [1.82, 2.24) is 10.5 Å². The molecule has 112 valence electrons. The van der Waals surface area contributed by atoms with Crippen LogP contribution in [0.15, 0.2) is 34.9 Å². The Hall–Kier alpha value is -1.85. The minimum absolute atomic E-state index is 0.239. The molecule has 1 fully saturated rings. The third-order valence-electron chi connectivity index (χ3n) is 3.52. The number of aromatic nitrogens is 1. The molecule has 1 aliphatic heterocycles. The third-order valence-corrected chi connectivity index (χ3v) is 3.52. The molecule has 2 aromatic rings. The summed E-state index contributed by atoms with van der Waals surface area (Å²) < 4.78 is 16.6. The van der Waals surface area contributed by atoms with Crippen molar-refractivity contribution in [3.8, 4) is 17.1 Å². The summed E-state index contributed by atoms with van der Waals surface area (Å²) in [4.78, 5) is 0. The van der Waals surface area contributed by atoms with Gasteiger partial charge in [0.1, 0.15) is 12.4 Å². The van der Waals surface area contributed by atoms with Gasteiger partial charge in [0.05, 0.1) is 11.8 Å². The zero-order chi connectivity index (χ0) is 14.5. The number of nitrogens with zero attached hydrogens (tertiary/aromatic N) is 1. The topological polar surface area (TPSA) is 56.5 Å². The van der Waals surface area contributed by atoms with Gasteiger partial charge in [-0.15, -0.1) is 0 Å². The molecule has 2 heterocycles. The van der Waals surface area contributed by atoms with Crippen LogP contribution in [0.2, 0.25) is 0 Å². The Kier molecular flexibility index (Phi) is 4.52. The Morgan fingerprint density at radius 1 is 1.33 bits per heavy atom. The van der Waals surface area contributed by atoms with Gasteiger partial charge in [-0.2, -0.15) is 0 Å². The molecule has 0 bridgehead atoms. The van der Waals surface area contributed by atoms with Gasteiger partial charge in [-0.1, -0.05) is 5.16 Å². The van der Waals surface area contributed by atoms with Crippen molar-refractivity contribution in [2.75, 3.05) is 20.3 Å². The average Bonchev–Trinajstić information content (AvgIpc) is 3.17. The van der Waals surface area contributed by atoms with E-state index in [-0.39, 0.29) is 6.10 Å². The summed E-state index contributed by atoms with van der Waals surface area (Å²) in [6.45, 7) is 2.17. The molecule has 21 heavy (non-hydrogen) atoms. The fourth-order valence-corrected chi connectivity index (χ4v) is 2.39. The molecule has 1 aliphatic rings. The number of hydrogen-bond donors (Lipinski definition) is 1. The van der Waals surface area contributed by atoms with Gasteiger partial charge >= 0.3 is 0 Å². The number of rotatable bonds is 6. The Morgan fingerprint density at radius 2 is 2.19 bits per heavy atom. The van der Waals surface area contributed by atoms with Crippen molar-refractivity contribution < 1.29 is 14.0 Å². The van der Waals surface area contributed by atoms with Crippen molar-refractivity contribution >= 4 is 0 Å². The van der Waals surface area contributed by atoms with Crippen LogP contribution < -0.4 is 10.1 Å². The largest absolute Gasteiger partial charge is 0.491 e. The van der Waals surface area contributed by atoms with E-state index in [1.165, 1.54) is 0 Å². The smallest absolute Gasteiger partial charge is 0.167 e. The maximum Gasteiger partial charge on any atom is 0.167 e. The normalized spacial score (nSPS) is 18.0.